The number of likely N-dealkylation sites (tertiary alicyclic amines) is 2. The number of hydrogen-bond acceptors (Lipinski definition) is 5. The van der Waals surface area contributed by atoms with Crippen LogP contribution in [0.2, 0.25) is 0 Å². The van der Waals surface area contributed by atoms with Crippen LogP contribution in [0.15, 0.2) is 54.6 Å². The molecule has 4 amide bonds. The molecule has 9 heteroatoms. The first-order valence-electron chi connectivity index (χ1n) is 12.3. The lowest BCUT2D eigenvalue weighted by molar-refractivity contribution is -0.190. The van der Waals surface area contributed by atoms with Crippen molar-refractivity contribution in [2.24, 2.45) is 5.41 Å². The lowest BCUT2D eigenvalue weighted by Gasteiger charge is -2.53. The zero-order valence-electron chi connectivity index (χ0n) is 20.5. The molecule has 0 aliphatic carbocycles. The fraction of sp³-hybridized carbons (Fsp3) is 0.407. The van der Waals surface area contributed by atoms with Crippen LogP contribution in [-0.4, -0.2) is 57.5 Å². The fourth-order valence-corrected chi connectivity index (χ4v) is 4.99. The molecule has 2 saturated heterocycles. The van der Waals surface area contributed by atoms with Crippen LogP contribution in [0.3, 0.4) is 0 Å². The summed E-state index contributed by atoms with van der Waals surface area (Å²) in [6.07, 6.45) is 1.33. The number of nitrogens with zero attached hydrogens (tertiary/aromatic N) is 2. The predicted molar refractivity (Wildman–Crippen MR) is 131 cm³/mol. The maximum absolute atomic E-state index is 13.1. The van der Waals surface area contributed by atoms with Crippen molar-refractivity contribution in [1.82, 2.24) is 15.1 Å². The molecule has 190 valence electrons. The second-order valence-electron chi connectivity index (χ2n) is 9.17. The summed E-state index contributed by atoms with van der Waals surface area (Å²) in [6.45, 7) is 4.48. The number of carbonyl (C=O) groups is 4. The van der Waals surface area contributed by atoms with E-state index in [1.807, 2.05) is 44.2 Å². The number of β-lactam (4-membered cyclic amide) rings is 1. The smallest absolute Gasteiger partial charge is 0.327 e. The number of nitrogens with one attached hydrogen (secondary N) is 1. The van der Waals surface area contributed by atoms with Crippen LogP contribution in [-0.2, 0) is 16.1 Å². The zero-order valence-corrected chi connectivity index (χ0v) is 20.5. The van der Waals surface area contributed by atoms with Gasteiger partial charge in [0.25, 0.3) is 5.91 Å². The van der Waals surface area contributed by atoms with Gasteiger partial charge in [-0.25, -0.2) is 14.5 Å². The number of amides is 4. The minimum atomic E-state index is -1.00. The van der Waals surface area contributed by atoms with Gasteiger partial charge in [0.2, 0.25) is 5.91 Å². The lowest BCUT2D eigenvalue weighted by Crippen LogP contribution is -2.73. The topological polar surface area (TPSA) is 116 Å². The molecule has 2 atom stereocenters. The highest BCUT2D eigenvalue weighted by Crippen LogP contribution is 2.46. The Kier molecular flexibility index (Phi) is 7.28. The molecule has 2 N–H and O–H groups in total. The molecule has 2 aromatic rings. The average Bonchev–Trinajstić information content (AvgIpc) is 3.39. The van der Waals surface area contributed by atoms with Gasteiger partial charge >= 0.3 is 12.0 Å². The third kappa shape index (κ3) is 4.53. The molecular formula is C27H31N3O6. The summed E-state index contributed by atoms with van der Waals surface area (Å²) in [5.74, 6) is -1.21. The van der Waals surface area contributed by atoms with E-state index in [9.17, 15) is 24.3 Å². The van der Waals surface area contributed by atoms with E-state index in [1.54, 1.807) is 24.3 Å². The average molecular weight is 494 g/mol. The number of rotatable bonds is 8. The van der Waals surface area contributed by atoms with Crippen LogP contribution in [0.1, 0.15) is 55.5 Å². The van der Waals surface area contributed by atoms with Gasteiger partial charge in [0, 0.05) is 18.7 Å². The molecule has 4 rings (SSSR count). The number of urea groups is 1. The zero-order chi connectivity index (χ0) is 25.9. The third-order valence-corrected chi connectivity index (χ3v) is 7.27. The normalized spacial score (nSPS) is 20.6. The number of imide groups is 1. The number of hydrogen-bond donors (Lipinski definition) is 2. The highest BCUT2D eigenvalue weighted by Gasteiger charge is 2.62. The van der Waals surface area contributed by atoms with Gasteiger partial charge in [-0.15, -0.1) is 0 Å². The van der Waals surface area contributed by atoms with Gasteiger partial charge in [0.1, 0.15) is 17.2 Å². The maximum atomic E-state index is 13.1. The highest BCUT2D eigenvalue weighted by atomic mass is 16.5. The fourth-order valence-electron chi connectivity index (χ4n) is 4.99. The molecule has 0 radical (unpaired) electrons. The van der Waals surface area contributed by atoms with Gasteiger partial charge in [-0.1, -0.05) is 44.2 Å². The highest BCUT2D eigenvalue weighted by molar-refractivity contribution is 6.03. The van der Waals surface area contributed by atoms with E-state index in [4.69, 9.17) is 4.74 Å². The Morgan fingerprint density at radius 2 is 1.72 bits per heavy atom. The Morgan fingerprint density at radius 3 is 2.33 bits per heavy atom. The van der Waals surface area contributed by atoms with Crippen LogP contribution in [0, 0.1) is 5.41 Å². The lowest BCUT2D eigenvalue weighted by atomic mass is 9.72. The van der Waals surface area contributed by atoms with Crippen molar-refractivity contribution in [1.29, 1.82) is 0 Å². The first-order chi connectivity index (χ1) is 17.3. The number of carboxylic acid groups (broad SMARTS) is 1. The minimum Gasteiger partial charge on any atom is -0.480 e. The minimum absolute atomic E-state index is 0.274. The van der Waals surface area contributed by atoms with Crippen molar-refractivity contribution in [3.8, 4) is 5.75 Å². The molecule has 0 spiro atoms. The van der Waals surface area contributed by atoms with Crippen molar-refractivity contribution in [3.63, 3.8) is 0 Å². The first-order valence-corrected chi connectivity index (χ1v) is 12.3. The summed E-state index contributed by atoms with van der Waals surface area (Å²) >= 11 is 0. The molecule has 2 aliphatic heterocycles. The largest absolute Gasteiger partial charge is 0.480 e. The SMILES string of the molecule is CCC1(CC)C(=O)N(C(=O)NCc2ccccc2)C1Oc1ccc(C(=O)N2CCC[C@H]2C(=O)O)cc1. The Hall–Kier alpha value is -3.88. The van der Waals surface area contributed by atoms with E-state index in [2.05, 4.69) is 5.32 Å². The summed E-state index contributed by atoms with van der Waals surface area (Å²) < 4.78 is 6.15. The van der Waals surface area contributed by atoms with Crippen molar-refractivity contribution in [2.75, 3.05) is 6.54 Å². The summed E-state index contributed by atoms with van der Waals surface area (Å²) in [7, 11) is 0. The molecule has 2 aliphatic rings. The third-order valence-electron chi connectivity index (χ3n) is 7.27. The Labute approximate surface area is 210 Å². The van der Waals surface area contributed by atoms with Crippen molar-refractivity contribution >= 4 is 23.8 Å². The summed E-state index contributed by atoms with van der Waals surface area (Å²) in [5, 5.41) is 12.2. The molecule has 0 saturated carbocycles. The molecule has 2 fully saturated rings. The van der Waals surface area contributed by atoms with Crippen LogP contribution in [0.25, 0.3) is 0 Å². The van der Waals surface area contributed by atoms with Gasteiger partial charge in [0.05, 0.1) is 0 Å². The van der Waals surface area contributed by atoms with Crippen LogP contribution in [0.5, 0.6) is 5.75 Å². The molecule has 1 unspecified atom stereocenters. The van der Waals surface area contributed by atoms with Gasteiger partial charge in [0.15, 0.2) is 6.23 Å². The van der Waals surface area contributed by atoms with E-state index in [0.29, 0.717) is 43.5 Å². The standard InChI is InChI=1S/C27H31N3O6/c1-3-27(4-2)24(34)30(26(35)28-17-18-9-6-5-7-10-18)25(27)36-20-14-12-19(13-15-20)22(31)29-16-8-11-21(29)23(32)33/h5-7,9-10,12-15,21,25H,3-4,8,11,16-17H2,1-2H3,(H,28,35)(H,32,33)/t21-,25?/m0/s1. The number of carbonyl (C=O) groups excluding carboxylic acids is 3. The second-order valence-corrected chi connectivity index (χ2v) is 9.17. The Balaban J connectivity index is 1.47. The Morgan fingerprint density at radius 1 is 1.06 bits per heavy atom. The Bertz CT molecular complexity index is 1130. The molecular weight excluding hydrogens is 462 g/mol. The summed E-state index contributed by atoms with van der Waals surface area (Å²) in [6, 6.07) is 14.5. The number of aliphatic carboxylic acids is 1. The maximum Gasteiger partial charge on any atom is 0.327 e. The van der Waals surface area contributed by atoms with E-state index in [-0.39, 0.29) is 18.4 Å². The molecule has 2 aromatic carbocycles. The number of ether oxygens (including phenoxy) is 1. The molecule has 9 nitrogen and oxygen atoms in total. The second kappa shape index (κ2) is 10.4. The van der Waals surface area contributed by atoms with E-state index < -0.39 is 29.7 Å². The first kappa shape index (κ1) is 25.2. The number of carboxylic acids is 1. The van der Waals surface area contributed by atoms with E-state index in [1.165, 1.54) is 4.90 Å². The van der Waals surface area contributed by atoms with Crippen LogP contribution < -0.4 is 10.1 Å². The van der Waals surface area contributed by atoms with Crippen molar-refractivity contribution in [3.05, 3.63) is 65.7 Å². The van der Waals surface area contributed by atoms with E-state index in [0.717, 1.165) is 10.5 Å². The summed E-state index contributed by atoms with van der Waals surface area (Å²) in [5.41, 5.74) is 0.454. The predicted octanol–water partition coefficient (Wildman–Crippen LogP) is 3.64. The van der Waals surface area contributed by atoms with Gasteiger partial charge in [-0.3, -0.25) is 9.59 Å². The molecule has 0 aromatic heterocycles. The van der Waals surface area contributed by atoms with Crippen molar-refractivity contribution in [2.45, 2.75) is 58.3 Å². The van der Waals surface area contributed by atoms with Crippen LogP contribution in [0.4, 0.5) is 4.79 Å². The van der Waals surface area contributed by atoms with Gasteiger partial charge in [-0.2, -0.15) is 0 Å². The van der Waals surface area contributed by atoms with Crippen LogP contribution >= 0.6 is 0 Å². The van der Waals surface area contributed by atoms with E-state index >= 15 is 0 Å². The van der Waals surface area contributed by atoms with Crippen molar-refractivity contribution < 1.29 is 29.0 Å². The van der Waals surface area contributed by atoms with Gasteiger partial charge < -0.3 is 20.1 Å². The van der Waals surface area contributed by atoms with Gasteiger partial charge in [-0.05, 0) is 55.5 Å². The molecule has 0 bridgehead atoms. The number of benzene rings is 2. The molecule has 36 heavy (non-hydrogen) atoms. The monoisotopic (exact) mass is 493 g/mol. The quantitative estimate of drug-likeness (QED) is 0.543. The molecule has 2 heterocycles. The summed E-state index contributed by atoms with van der Waals surface area (Å²) in [4.78, 5) is 52.8.